The van der Waals surface area contributed by atoms with Gasteiger partial charge in [-0.2, -0.15) is 13.2 Å². The molecule has 0 fully saturated rings. The van der Waals surface area contributed by atoms with E-state index in [1.165, 1.54) is 6.07 Å². The van der Waals surface area contributed by atoms with Crippen LogP contribution in [-0.4, -0.2) is 17.9 Å². The molecule has 0 bridgehead atoms. The molecular weight excluding hydrogens is 371 g/mol. The molecule has 0 aliphatic rings. The third-order valence-electron chi connectivity index (χ3n) is 4.13. The maximum Gasteiger partial charge on any atom is 0.417 e. The first-order chi connectivity index (χ1) is 13.3. The van der Waals surface area contributed by atoms with E-state index in [0.29, 0.717) is 18.0 Å². The third-order valence-corrected chi connectivity index (χ3v) is 4.13. The van der Waals surface area contributed by atoms with Gasteiger partial charge in [0.25, 0.3) is 11.5 Å². The molecule has 0 atom stereocenters. The Labute approximate surface area is 158 Å². The van der Waals surface area contributed by atoms with Gasteiger partial charge < -0.3 is 15.2 Å². The van der Waals surface area contributed by atoms with Gasteiger partial charge in [0.15, 0.2) is 0 Å². The number of carbonyl (C=O) groups is 1. The Balaban J connectivity index is 1.94. The number of anilines is 3. The van der Waals surface area contributed by atoms with Crippen molar-refractivity contribution in [3.05, 3.63) is 88.3 Å². The summed E-state index contributed by atoms with van der Waals surface area (Å²) in [5.74, 6) is -0.691. The summed E-state index contributed by atoms with van der Waals surface area (Å²) in [6.07, 6.45) is -4.08. The number of benzene rings is 2. The molecular formula is C20H16F3N3O2. The second-order valence-electron chi connectivity index (χ2n) is 5.99. The number of amides is 1. The van der Waals surface area contributed by atoms with Gasteiger partial charge in [-0.15, -0.1) is 0 Å². The number of hydrogen-bond donors (Lipinski definition) is 2. The van der Waals surface area contributed by atoms with Crippen molar-refractivity contribution in [1.82, 2.24) is 4.98 Å². The van der Waals surface area contributed by atoms with Crippen molar-refractivity contribution in [2.24, 2.45) is 0 Å². The first-order valence-electron chi connectivity index (χ1n) is 8.26. The Morgan fingerprint density at radius 1 is 1.04 bits per heavy atom. The minimum Gasteiger partial charge on any atom is -0.344 e. The van der Waals surface area contributed by atoms with Gasteiger partial charge in [0.2, 0.25) is 0 Å². The highest BCUT2D eigenvalue weighted by Crippen LogP contribution is 2.30. The average Bonchev–Trinajstić information content (AvgIpc) is 2.69. The summed E-state index contributed by atoms with van der Waals surface area (Å²) in [4.78, 5) is 28.3. The van der Waals surface area contributed by atoms with Gasteiger partial charge in [0.05, 0.1) is 16.8 Å². The van der Waals surface area contributed by atoms with E-state index in [9.17, 15) is 22.8 Å². The average molecular weight is 387 g/mol. The largest absolute Gasteiger partial charge is 0.417 e. The number of rotatable bonds is 4. The van der Waals surface area contributed by atoms with Gasteiger partial charge in [-0.05, 0) is 30.3 Å². The van der Waals surface area contributed by atoms with Crippen LogP contribution in [0.4, 0.5) is 30.2 Å². The highest BCUT2D eigenvalue weighted by atomic mass is 19.4. The number of halogens is 3. The molecule has 0 aliphatic heterocycles. The number of pyridine rings is 1. The number of alkyl halides is 3. The molecule has 3 rings (SSSR count). The molecule has 2 N–H and O–H groups in total. The van der Waals surface area contributed by atoms with E-state index in [0.717, 1.165) is 5.69 Å². The van der Waals surface area contributed by atoms with Crippen LogP contribution in [0.15, 0.2) is 71.7 Å². The second-order valence-corrected chi connectivity index (χ2v) is 5.99. The van der Waals surface area contributed by atoms with Crippen molar-refractivity contribution >= 4 is 23.0 Å². The molecule has 0 aliphatic carbocycles. The van der Waals surface area contributed by atoms with E-state index in [1.54, 1.807) is 30.1 Å². The molecule has 3 aromatic rings. The van der Waals surface area contributed by atoms with Crippen LogP contribution in [0.1, 0.15) is 15.9 Å². The molecule has 5 nitrogen and oxygen atoms in total. The lowest BCUT2D eigenvalue weighted by Gasteiger charge is -2.22. The highest BCUT2D eigenvalue weighted by Gasteiger charge is 2.31. The predicted octanol–water partition coefficient (Wildman–Crippen LogP) is 4.41. The van der Waals surface area contributed by atoms with Gasteiger partial charge >= 0.3 is 6.18 Å². The standard InChI is InChI=1S/C20H16F3N3O2/c1-26(14-7-3-2-4-8-14)17-10-6-5-9-15(17)18(27)25-16-11-13(20(21,22)23)12-24-19(16)28/h2-12H,1H3,(H,24,28)(H,25,27). The Kier molecular flexibility index (Phi) is 5.21. The van der Waals surface area contributed by atoms with Crippen LogP contribution in [0.2, 0.25) is 0 Å². The van der Waals surface area contributed by atoms with E-state index < -0.39 is 28.9 Å². The Morgan fingerprint density at radius 2 is 1.68 bits per heavy atom. The molecule has 0 saturated carbocycles. The van der Waals surface area contributed by atoms with Gasteiger partial charge in [-0.3, -0.25) is 9.59 Å². The van der Waals surface area contributed by atoms with Gasteiger partial charge in [0, 0.05) is 18.9 Å². The predicted molar refractivity (Wildman–Crippen MR) is 101 cm³/mol. The molecule has 8 heteroatoms. The normalized spacial score (nSPS) is 11.1. The Morgan fingerprint density at radius 3 is 2.36 bits per heavy atom. The monoisotopic (exact) mass is 387 g/mol. The van der Waals surface area contributed by atoms with E-state index in [1.807, 2.05) is 35.3 Å². The zero-order valence-electron chi connectivity index (χ0n) is 14.7. The van der Waals surface area contributed by atoms with E-state index in [2.05, 4.69) is 5.32 Å². The van der Waals surface area contributed by atoms with E-state index in [-0.39, 0.29) is 5.56 Å². The molecule has 0 saturated heterocycles. The number of para-hydroxylation sites is 2. The molecule has 1 amide bonds. The van der Waals surface area contributed by atoms with Crippen molar-refractivity contribution in [3.63, 3.8) is 0 Å². The first-order valence-corrected chi connectivity index (χ1v) is 8.26. The number of nitrogens with one attached hydrogen (secondary N) is 2. The zero-order chi connectivity index (χ0) is 20.3. The number of aromatic amines is 1. The number of nitrogens with zero attached hydrogens (tertiary/aromatic N) is 1. The fraction of sp³-hybridized carbons (Fsp3) is 0.100. The number of H-pyrrole nitrogens is 1. The summed E-state index contributed by atoms with van der Waals surface area (Å²) in [7, 11) is 1.76. The summed E-state index contributed by atoms with van der Waals surface area (Å²) in [5.41, 5.74) is -0.788. The minimum absolute atomic E-state index is 0.214. The maximum absolute atomic E-state index is 12.9. The molecule has 28 heavy (non-hydrogen) atoms. The smallest absolute Gasteiger partial charge is 0.344 e. The topological polar surface area (TPSA) is 65.2 Å². The maximum atomic E-state index is 12.9. The summed E-state index contributed by atoms with van der Waals surface area (Å²) >= 11 is 0. The van der Waals surface area contributed by atoms with E-state index >= 15 is 0 Å². The second kappa shape index (κ2) is 7.59. The SMILES string of the molecule is CN(c1ccccc1)c1ccccc1C(=O)Nc1cc(C(F)(F)F)c[nH]c1=O. The lowest BCUT2D eigenvalue weighted by molar-refractivity contribution is -0.137. The zero-order valence-corrected chi connectivity index (χ0v) is 14.7. The molecule has 1 aromatic heterocycles. The highest BCUT2D eigenvalue weighted by molar-refractivity contribution is 6.08. The fourth-order valence-electron chi connectivity index (χ4n) is 2.68. The molecule has 1 heterocycles. The van der Waals surface area contributed by atoms with Gasteiger partial charge in [-0.1, -0.05) is 30.3 Å². The van der Waals surface area contributed by atoms with Crippen LogP contribution in [0, 0.1) is 0 Å². The van der Waals surface area contributed by atoms with Crippen LogP contribution < -0.4 is 15.8 Å². The van der Waals surface area contributed by atoms with Crippen LogP contribution in [0.3, 0.4) is 0 Å². The number of hydrogen-bond acceptors (Lipinski definition) is 3. The van der Waals surface area contributed by atoms with Crippen molar-refractivity contribution < 1.29 is 18.0 Å². The fourth-order valence-corrected chi connectivity index (χ4v) is 2.68. The van der Waals surface area contributed by atoms with Crippen LogP contribution in [0.25, 0.3) is 0 Å². The lowest BCUT2D eigenvalue weighted by Crippen LogP contribution is -2.23. The third kappa shape index (κ3) is 4.06. The summed E-state index contributed by atoms with van der Waals surface area (Å²) in [6, 6.07) is 16.5. The Hall–Kier alpha value is -3.55. The van der Waals surface area contributed by atoms with Crippen LogP contribution >= 0.6 is 0 Å². The summed E-state index contributed by atoms with van der Waals surface area (Å²) in [5, 5.41) is 2.28. The van der Waals surface area contributed by atoms with Crippen molar-refractivity contribution in [3.8, 4) is 0 Å². The molecule has 144 valence electrons. The number of aromatic nitrogens is 1. The van der Waals surface area contributed by atoms with Crippen molar-refractivity contribution in [1.29, 1.82) is 0 Å². The number of carbonyl (C=O) groups excluding carboxylic acids is 1. The Bertz CT molecular complexity index is 1050. The van der Waals surface area contributed by atoms with Crippen molar-refractivity contribution in [2.75, 3.05) is 17.3 Å². The summed E-state index contributed by atoms with van der Waals surface area (Å²) in [6.45, 7) is 0. The van der Waals surface area contributed by atoms with E-state index in [4.69, 9.17) is 0 Å². The molecule has 2 aromatic carbocycles. The minimum atomic E-state index is -4.64. The van der Waals surface area contributed by atoms with Gasteiger partial charge in [-0.25, -0.2) is 0 Å². The van der Waals surface area contributed by atoms with Crippen LogP contribution in [-0.2, 0) is 6.18 Å². The lowest BCUT2D eigenvalue weighted by atomic mass is 10.1. The van der Waals surface area contributed by atoms with Crippen LogP contribution in [0.5, 0.6) is 0 Å². The first kappa shape index (κ1) is 19.2. The quantitative estimate of drug-likeness (QED) is 0.697. The molecule has 0 unspecified atom stereocenters. The van der Waals surface area contributed by atoms with Gasteiger partial charge in [0.1, 0.15) is 5.69 Å². The van der Waals surface area contributed by atoms with Crippen molar-refractivity contribution in [2.45, 2.75) is 6.18 Å². The molecule has 0 spiro atoms. The molecule has 0 radical (unpaired) electrons. The summed E-state index contributed by atoms with van der Waals surface area (Å²) < 4.78 is 38.6.